The Bertz CT molecular complexity index is 307. The van der Waals surface area contributed by atoms with Gasteiger partial charge in [0.25, 0.3) is 5.91 Å². The summed E-state index contributed by atoms with van der Waals surface area (Å²) in [7, 11) is 0. The summed E-state index contributed by atoms with van der Waals surface area (Å²) in [6.07, 6.45) is 4.18. The monoisotopic (exact) mass is 176 g/mol. The van der Waals surface area contributed by atoms with E-state index in [4.69, 9.17) is 5.26 Å². The van der Waals surface area contributed by atoms with Gasteiger partial charge >= 0.3 is 0 Å². The molecule has 0 aromatic rings. The third-order valence-electron chi connectivity index (χ3n) is 1.76. The number of hydrogen-bond donors (Lipinski definition) is 0. The van der Waals surface area contributed by atoms with E-state index in [-0.39, 0.29) is 5.91 Å². The smallest absolute Gasteiger partial charge is 0.267 e. The number of allylic oxidation sites excluding steroid dienone is 1. The van der Waals surface area contributed by atoms with Gasteiger partial charge in [0.15, 0.2) is 0 Å². The molecule has 3 nitrogen and oxygen atoms in total. The van der Waals surface area contributed by atoms with Gasteiger partial charge in [0.05, 0.1) is 6.07 Å². The van der Waals surface area contributed by atoms with Crippen molar-refractivity contribution in [3.63, 3.8) is 0 Å². The Morgan fingerprint density at radius 1 is 1.69 bits per heavy atom. The van der Waals surface area contributed by atoms with E-state index in [9.17, 15) is 4.79 Å². The first-order chi connectivity index (χ1) is 6.13. The highest BCUT2D eigenvalue weighted by molar-refractivity contribution is 6.06. The van der Waals surface area contributed by atoms with Gasteiger partial charge in [-0.05, 0) is 18.4 Å². The van der Waals surface area contributed by atoms with E-state index in [2.05, 4.69) is 18.8 Å². The molecule has 1 unspecified atom stereocenters. The average Bonchev–Trinajstić information content (AvgIpc) is 2.03. The lowest BCUT2D eigenvalue weighted by Gasteiger charge is -2.09. The summed E-state index contributed by atoms with van der Waals surface area (Å²) in [6, 6.07) is 1.88. The molecule has 0 fully saturated rings. The summed E-state index contributed by atoms with van der Waals surface area (Å²) < 4.78 is 0. The molecule has 1 aliphatic heterocycles. The molecule has 1 amide bonds. The molecule has 0 N–H and O–H groups in total. The van der Waals surface area contributed by atoms with Crippen LogP contribution in [-0.2, 0) is 4.79 Å². The first-order valence-electron chi connectivity index (χ1n) is 4.32. The van der Waals surface area contributed by atoms with Crippen LogP contribution in [0.3, 0.4) is 0 Å². The zero-order valence-electron chi connectivity index (χ0n) is 7.82. The summed E-state index contributed by atoms with van der Waals surface area (Å²) in [6.45, 7) is 4.13. The molecule has 68 valence electrons. The maximum Gasteiger partial charge on any atom is 0.267 e. The van der Waals surface area contributed by atoms with Crippen LogP contribution >= 0.6 is 0 Å². The van der Waals surface area contributed by atoms with E-state index in [1.807, 2.05) is 6.07 Å². The maximum atomic E-state index is 11.2. The average molecular weight is 176 g/mol. The molecule has 0 radical (unpaired) electrons. The number of nitrogens with zero attached hydrogens (tertiary/aromatic N) is 2. The van der Waals surface area contributed by atoms with Gasteiger partial charge in [-0.15, -0.1) is 0 Å². The van der Waals surface area contributed by atoms with Gasteiger partial charge in [-0.2, -0.15) is 5.26 Å². The minimum absolute atomic E-state index is 0.333. The van der Waals surface area contributed by atoms with Crippen molar-refractivity contribution in [3.05, 3.63) is 12.2 Å². The summed E-state index contributed by atoms with van der Waals surface area (Å²) in [5, 5.41) is 8.54. The highest BCUT2D eigenvalue weighted by Crippen LogP contribution is 2.11. The number of rotatable bonds is 2. The van der Waals surface area contributed by atoms with Crippen molar-refractivity contribution in [1.29, 1.82) is 5.26 Å². The molecule has 1 heterocycles. The quantitative estimate of drug-likeness (QED) is 0.643. The number of carbonyl (C=O) groups excluding carboxylic acids is 1. The van der Waals surface area contributed by atoms with Gasteiger partial charge < -0.3 is 0 Å². The lowest BCUT2D eigenvalue weighted by atomic mass is 10.0. The van der Waals surface area contributed by atoms with Crippen LogP contribution in [0.4, 0.5) is 0 Å². The lowest BCUT2D eigenvalue weighted by Crippen LogP contribution is -2.16. The molecule has 3 heteroatoms. The highest BCUT2D eigenvalue weighted by atomic mass is 16.1. The van der Waals surface area contributed by atoms with E-state index < -0.39 is 5.92 Å². The number of hydrogen-bond acceptors (Lipinski definition) is 2. The highest BCUT2D eigenvalue weighted by Gasteiger charge is 2.18. The molecule has 0 saturated heterocycles. The van der Waals surface area contributed by atoms with Gasteiger partial charge in [-0.1, -0.05) is 19.9 Å². The van der Waals surface area contributed by atoms with Gasteiger partial charge in [-0.3, -0.25) is 4.79 Å². The Kier molecular flexibility index (Phi) is 2.97. The van der Waals surface area contributed by atoms with Crippen LogP contribution < -0.4 is 0 Å². The second kappa shape index (κ2) is 3.99. The van der Waals surface area contributed by atoms with E-state index in [0.717, 1.165) is 12.1 Å². The fourth-order valence-corrected chi connectivity index (χ4v) is 1.17. The number of carbonyl (C=O) groups is 1. The fraction of sp³-hybridized carbons (Fsp3) is 0.500. The molecule has 0 bridgehead atoms. The molecule has 0 spiro atoms. The van der Waals surface area contributed by atoms with Crippen molar-refractivity contribution < 1.29 is 4.79 Å². The Balaban J connectivity index is 2.70. The topological polar surface area (TPSA) is 53.2 Å². The predicted molar refractivity (Wildman–Crippen MR) is 50.1 cm³/mol. The molecule has 0 saturated carbocycles. The first kappa shape index (κ1) is 9.66. The summed E-state index contributed by atoms with van der Waals surface area (Å²) in [5.41, 5.74) is 0.784. The van der Waals surface area contributed by atoms with Crippen LogP contribution in [0, 0.1) is 23.2 Å². The second-order valence-electron chi connectivity index (χ2n) is 3.51. The molecule has 1 aliphatic rings. The van der Waals surface area contributed by atoms with Gasteiger partial charge in [0.1, 0.15) is 5.92 Å². The van der Waals surface area contributed by atoms with Crippen molar-refractivity contribution in [2.24, 2.45) is 16.8 Å². The Hall–Kier alpha value is -1.43. The van der Waals surface area contributed by atoms with Crippen molar-refractivity contribution in [2.45, 2.75) is 20.3 Å². The predicted octanol–water partition coefficient (Wildman–Crippen LogP) is 1.71. The minimum atomic E-state index is -0.670. The third kappa shape index (κ3) is 2.51. The van der Waals surface area contributed by atoms with E-state index in [0.29, 0.717) is 5.92 Å². The van der Waals surface area contributed by atoms with Crippen LogP contribution in [-0.4, -0.2) is 11.6 Å². The molecule has 1 rings (SSSR count). The Labute approximate surface area is 77.8 Å². The molecular weight excluding hydrogens is 164 g/mol. The van der Waals surface area contributed by atoms with Crippen molar-refractivity contribution in [3.8, 4) is 6.07 Å². The van der Waals surface area contributed by atoms with Crippen LogP contribution in [0.5, 0.6) is 0 Å². The van der Waals surface area contributed by atoms with Gasteiger partial charge in [0, 0.05) is 5.71 Å². The van der Waals surface area contributed by atoms with Gasteiger partial charge in [0.2, 0.25) is 0 Å². The van der Waals surface area contributed by atoms with Crippen LogP contribution in [0.1, 0.15) is 20.3 Å². The van der Waals surface area contributed by atoms with Gasteiger partial charge in [-0.25, -0.2) is 4.99 Å². The molecule has 13 heavy (non-hydrogen) atoms. The zero-order valence-corrected chi connectivity index (χ0v) is 7.82. The molecular formula is C10H12N2O. The SMILES string of the molecule is CC(C)CC1=NC(=O)C(C#N)C=C1. The Morgan fingerprint density at radius 3 is 2.85 bits per heavy atom. The molecule has 0 aromatic carbocycles. The van der Waals surface area contributed by atoms with Crippen LogP contribution in [0.2, 0.25) is 0 Å². The fourth-order valence-electron chi connectivity index (χ4n) is 1.17. The molecule has 1 atom stereocenters. The zero-order chi connectivity index (χ0) is 9.84. The maximum absolute atomic E-state index is 11.2. The van der Waals surface area contributed by atoms with Crippen molar-refractivity contribution in [1.82, 2.24) is 0 Å². The third-order valence-corrected chi connectivity index (χ3v) is 1.76. The molecule has 0 aromatic heterocycles. The normalized spacial score (nSPS) is 21.5. The number of dihydropyridines is 1. The van der Waals surface area contributed by atoms with Crippen LogP contribution in [0.15, 0.2) is 17.1 Å². The summed E-state index contributed by atoms with van der Waals surface area (Å²) in [4.78, 5) is 15.0. The summed E-state index contributed by atoms with van der Waals surface area (Å²) in [5.74, 6) is -0.522. The van der Waals surface area contributed by atoms with E-state index in [1.165, 1.54) is 0 Å². The number of aliphatic imine (C=N–C) groups is 1. The van der Waals surface area contributed by atoms with Crippen molar-refractivity contribution >= 4 is 11.6 Å². The standard InChI is InChI=1S/C10H12N2O/c1-7(2)5-9-4-3-8(6-11)10(13)12-9/h3-4,7-8H,5H2,1-2H3. The van der Waals surface area contributed by atoms with E-state index in [1.54, 1.807) is 12.2 Å². The lowest BCUT2D eigenvalue weighted by molar-refractivity contribution is -0.118. The molecule has 0 aliphatic carbocycles. The number of amides is 1. The first-order valence-corrected chi connectivity index (χ1v) is 4.32. The van der Waals surface area contributed by atoms with E-state index >= 15 is 0 Å². The van der Waals surface area contributed by atoms with Crippen molar-refractivity contribution in [2.75, 3.05) is 0 Å². The Morgan fingerprint density at radius 2 is 2.38 bits per heavy atom. The minimum Gasteiger partial charge on any atom is -0.271 e. The van der Waals surface area contributed by atoms with Crippen LogP contribution in [0.25, 0.3) is 0 Å². The number of nitriles is 1. The largest absolute Gasteiger partial charge is 0.271 e. The second-order valence-corrected chi connectivity index (χ2v) is 3.51. The summed E-state index contributed by atoms with van der Waals surface area (Å²) >= 11 is 0.